The van der Waals surface area contributed by atoms with Crippen molar-refractivity contribution in [3.8, 4) is 39.8 Å². The Morgan fingerprint density at radius 2 is 1.59 bits per heavy atom. The average molecular weight is 866 g/mol. The lowest BCUT2D eigenvalue weighted by Gasteiger charge is -2.30. The molecule has 0 unspecified atom stereocenters. The molecule has 0 saturated heterocycles. The normalized spacial score (nSPS) is 17.4. The van der Waals surface area contributed by atoms with Crippen molar-refractivity contribution in [2.24, 2.45) is 17.4 Å². The van der Waals surface area contributed by atoms with Crippen molar-refractivity contribution < 1.29 is 43.7 Å². The van der Waals surface area contributed by atoms with E-state index in [0.29, 0.717) is 42.1 Å². The minimum absolute atomic E-state index is 0.0241. The number of nitrogens with one attached hydrogen (secondary N) is 3. The van der Waals surface area contributed by atoms with Crippen molar-refractivity contribution in [2.75, 3.05) is 45.6 Å². The van der Waals surface area contributed by atoms with E-state index in [9.17, 15) is 34.2 Å². The molecule has 1 aromatic heterocycles. The number of carbonyl (C=O) groups is 5. The van der Waals surface area contributed by atoms with Crippen LogP contribution in [0.15, 0.2) is 54.6 Å². The largest absolute Gasteiger partial charge is 0.504 e. The van der Waals surface area contributed by atoms with E-state index in [4.69, 9.17) is 26.7 Å². The number of amides is 4. The second-order valence-electron chi connectivity index (χ2n) is 15.9. The number of hydrogen-bond donors (Lipinski definition) is 8. The zero-order valence-corrected chi connectivity index (χ0v) is 35.6. The third kappa shape index (κ3) is 11.2. The minimum Gasteiger partial charge on any atom is -0.504 e. The Morgan fingerprint density at radius 3 is 2.22 bits per heavy atom. The lowest BCUT2D eigenvalue weighted by atomic mass is 9.93. The number of carboxylic acid groups (broad SMARTS) is 1. The third-order valence-corrected chi connectivity index (χ3v) is 11.0. The fourth-order valence-electron chi connectivity index (χ4n) is 7.28. The van der Waals surface area contributed by atoms with Crippen molar-refractivity contribution in [1.82, 2.24) is 30.8 Å². The highest BCUT2D eigenvalue weighted by atomic mass is 16.5. The van der Waals surface area contributed by atoms with Gasteiger partial charge in [-0.25, -0.2) is 14.8 Å². The fourth-order valence-corrected chi connectivity index (χ4v) is 7.28. The molecule has 2 aliphatic rings. The molecule has 0 spiro atoms. The van der Waals surface area contributed by atoms with Gasteiger partial charge in [0, 0.05) is 30.2 Å². The highest BCUT2D eigenvalue weighted by molar-refractivity contribution is 6.01. The molecule has 1 aliphatic carbocycles. The van der Waals surface area contributed by atoms with Gasteiger partial charge in [0.05, 0.1) is 25.5 Å². The van der Waals surface area contributed by atoms with Crippen LogP contribution in [0, 0.1) is 12.8 Å². The van der Waals surface area contributed by atoms with Gasteiger partial charge in [0.25, 0.3) is 5.91 Å². The van der Waals surface area contributed by atoms with Crippen LogP contribution in [-0.2, 0) is 32.0 Å². The summed E-state index contributed by atoms with van der Waals surface area (Å²) in [6.07, 6.45) is 4.27. The molecule has 11 N–H and O–H groups in total. The van der Waals surface area contributed by atoms with E-state index in [2.05, 4.69) is 25.9 Å². The van der Waals surface area contributed by atoms with Crippen LogP contribution >= 0.6 is 0 Å². The van der Waals surface area contributed by atoms with Gasteiger partial charge in [0.15, 0.2) is 17.3 Å². The molecule has 1 aliphatic heterocycles. The van der Waals surface area contributed by atoms with E-state index < -0.39 is 54.3 Å². The van der Waals surface area contributed by atoms with Gasteiger partial charge in [-0.3, -0.25) is 19.2 Å². The van der Waals surface area contributed by atoms with E-state index in [1.807, 2.05) is 24.3 Å². The number of aromatic nitrogens is 2. The summed E-state index contributed by atoms with van der Waals surface area (Å²) in [4.78, 5) is 77.8. The zero-order chi connectivity index (χ0) is 45.4. The monoisotopic (exact) mass is 865 g/mol. The Kier molecular flexibility index (Phi) is 14.8. The van der Waals surface area contributed by atoms with Crippen molar-refractivity contribution in [2.45, 2.75) is 70.5 Å². The third-order valence-electron chi connectivity index (χ3n) is 11.0. The lowest BCUT2D eigenvalue weighted by Crippen LogP contribution is -2.53. The van der Waals surface area contributed by atoms with Gasteiger partial charge in [0.2, 0.25) is 17.7 Å². The quantitative estimate of drug-likeness (QED) is 0.0751. The summed E-state index contributed by atoms with van der Waals surface area (Å²) in [5.74, 6) is -3.51. The zero-order valence-electron chi connectivity index (χ0n) is 35.6. The summed E-state index contributed by atoms with van der Waals surface area (Å²) in [5, 5.41) is 29.5. The summed E-state index contributed by atoms with van der Waals surface area (Å²) in [7, 11) is 1.34. The number of hydrogen-bond acceptors (Lipinski definition) is 13. The van der Waals surface area contributed by atoms with Crippen LogP contribution in [0.4, 0.5) is 5.82 Å². The van der Waals surface area contributed by atoms with Gasteiger partial charge in [-0.1, -0.05) is 30.3 Å². The average Bonchev–Trinajstić information content (AvgIpc) is 4.07. The summed E-state index contributed by atoms with van der Waals surface area (Å²) in [5.41, 5.74) is 21.1. The molecule has 1 saturated carbocycles. The standard InChI is InChI=1S/C45H55N9O9/c1-24-37(40(48)53-41(50-24)29-11-8-27(9-12-29)18-26-6-7-26)43(58)49-23-36(55)54(3)38-30-21-32(39(56)35(22-30)63-17-5-15-47)31-19-28(10-13-34(31)62-16-4-14-46)20-33(45(60)61)52-42(57)25(2)51-44(38)59/h8-13,19,21-22,25-26,33,38,56H,4-7,14-18,20,23,46-47H2,1-3H3,(H,49,58)(H,51,59)(H,52,57)(H,60,61)(H2,48,50,53)/t25-,33-,38-/m0/s1. The van der Waals surface area contributed by atoms with E-state index in [1.165, 1.54) is 44.5 Å². The van der Waals surface area contributed by atoms with Crippen molar-refractivity contribution >= 4 is 35.4 Å². The summed E-state index contributed by atoms with van der Waals surface area (Å²) < 4.78 is 12.1. The summed E-state index contributed by atoms with van der Waals surface area (Å²) in [6.45, 7) is 3.29. The number of nitrogens with two attached hydrogens (primary N) is 3. The number of rotatable bonds is 16. The second-order valence-corrected chi connectivity index (χ2v) is 15.9. The number of benzene rings is 3. The molecule has 0 radical (unpaired) electrons. The van der Waals surface area contributed by atoms with Crippen LogP contribution in [0.25, 0.3) is 22.5 Å². The van der Waals surface area contributed by atoms with Crippen LogP contribution in [0.2, 0.25) is 0 Å². The summed E-state index contributed by atoms with van der Waals surface area (Å²) >= 11 is 0. The predicted molar refractivity (Wildman–Crippen MR) is 234 cm³/mol. The first-order valence-electron chi connectivity index (χ1n) is 21.0. The fraction of sp³-hybridized carbons (Fsp3) is 0.400. The van der Waals surface area contributed by atoms with Gasteiger partial charge in [-0.2, -0.15) is 0 Å². The molecule has 4 amide bonds. The molecular formula is C45H55N9O9. The molecule has 2 heterocycles. The lowest BCUT2D eigenvalue weighted by molar-refractivity contribution is -0.142. The van der Waals surface area contributed by atoms with Crippen molar-refractivity contribution in [3.05, 3.63) is 82.5 Å². The maximum atomic E-state index is 14.4. The Hall–Kier alpha value is -6.79. The van der Waals surface area contributed by atoms with Crippen molar-refractivity contribution in [3.63, 3.8) is 0 Å². The van der Waals surface area contributed by atoms with Gasteiger partial charge in [-0.15, -0.1) is 0 Å². The summed E-state index contributed by atoms with van der Waals surface area (Å²) in [6, 6.07) is 11.5. The van der Waals surface area contributed by atoms with Crippen LogP contribution < -0.4 is 42.6 Å². The maximum absolute atomic E-state index is 14.4. The number of fused-ring (bicyclic) bond motifs is 5. The first-order chi connectivity index (χ1) is 30.2. The number of phenols is 1. The SMILES string of the molecule is Cc1nc(-c2ccc(CC3CC3)cc2)nc(N)c1C(=O)NCC(=O)N(C)[C@@H]1C(=O)N[C@@H](C)C(=O)N[C@H](C(=O)O)Cc2ccc(OCCCN)c(c2)-c2cc1cc(OCCCN)c2O. The Bertz CT molecular complexity index is 2330. The van der Waals surface area contributed by atoms with Gasteiger partial charge >= 0.3 is 5.97 Å². The van der Waals surface area contributed by atoms with E-state index >= 15 is 0 Å². The highest BCUT2D eigenvalue weighted by Crippen LogP contribution is 2.45. The molecule has 18 heteroatoms. The number of anilines is 1. The number of nitrogens with zero attached hydrogens (tertiary/aromatic N) is 3. The topological polar surface area (TPSA) is 287 Å². The molecule has 1 fully saturated rings. The van der Waals surface area contributed by atoms with Crippen LogP contribution in [0.3, 0.4) is 0 Å². The maximum Gasteiger partial charge on any atom is 0.326 e. The predicted octanol–water partition coefficient (Wildman–Crippen LogP) is 2.37. The Balaban J connectivity index is 1.34. The van der Waals surface area contributed by atoms with Crippen LogP contribution in [0.1, 0.15) is 71.4 Å². The number of aromatic hydroxyl groups is 1. The number of ether oxygens (including phenoxy) is 2. The van der Waals surface area contributed by atoms with E-state index in [-0.39, 0.29) is 65.9 Å². The van der Waals surface area contributed by atoms with Gasteiger partial charge in [0.1, 0.15) is 35.3 Å². The minimum atomic E-state index is -1.51. The first-order valence-corrected chi connectivity index (χ1v) is 21.0. The molecular weight excluding hydrogens is 811 g/mol. The number of phenolic OH excluding ortho intramolecular Hbond substituents is 1. The number of aryl methyl sites for hydroxylation is 1. The Morgan fingerprint density at radius 1 is 0.905 bits per heavy atom. The molecule has 6 rings (SSSR count). The number of carbonyl (C=O) groups excluding carboxylic acids is 4. The van der Waals surface area contributed by atoms with Gasteiger partial charge in [-0.05, 0) is 106 Å². The molecule has 3 atom stereocenters. The highest BCUT2D eigenvalue weighted by Gasteiger charge is 2.34. The number of likely N-dealkylation sites (N-methyl/N-ethyl adjacent to an activating group) is 1. The van der Waals surface area contributed by atoms with Crippen LogP contribution in [-0.4, -0.2) is 107 Å². The van der Waals surface area contributed by atoms with Crippen molar-refractivity contribution in [1.29, 1.82) is 0 Å². The molecule has 18 nitrogen and oxygen atoms in total. The number of aliphatic carboxylic acids is 1. The number of nitrogen functional groups attached to an aromatic ring is 1. The number of carboxylic acids is 1. The van der Waals surface area contributed by atoms with Crippen LogP contribution in [0.5, 0.6) is 17.2 Å². The smallest absolute Gasteiger partial charge is 0.326 e. The molecule has 63 heavy (non-hydrogen) atoms. The Labute approximate surface area is 364 Å². The first kappa shape index (κ1) is 45.7. The molecule has 3 aromatic carbocycles. The molecule has 334 valence electrons. The second kappa shape index (κ2) is 20.4. The van der Waals surface area contributed by atoms with E-state index in [1.54, 1.807) is 25.1 Å². The van der Waals surface area contributed by atoms with Gasteiger partial charge < -0.3 is 57.7 Å². The van der Waals surface area contributed by atoms with E-state index in [0.717, 1.165) is 22.8 Å². The molecule has 4 bridgehead atoms. The molecule has 4 aromatic rings.